The summed E-state index contributed by atoms with van der Waals surface area (Å²) in [7, 11) is 1.71. The van der Waals surface area contributed by atoms with Crippen LogP contribution in [-0.2, 0) is 15.9 Å². The predicted octanol–water partition coefficient (Wildman–Crippen LogP) is 3.64. The molecule has 2 aliphatic heterocycles. The van der Waals surface area contributed by atoms with Crippen LogP contribution in [0.15, 0.2) is 29.3 Å². The van der Waals surface area contributed by atoms with E-state index in [1.807, 2.05) is 12.1 Å². The average molecular weight is 418 g/mol. The number of nitrogens with one attached hydrogen (secondary N) is 1. The lowest BCUT2D eigenvalue weighted by Gasteiger charge is -2.35. The van der Waals surface area contributed by atoms with Crippen molar-refractivity contribution in [3.05, 3.63) is 29.8 Å². The Morgan fingerprint density at radius 2 is 2.10 bits per heavy atom. The fourth-order valence-corrected chi connectivity index (χ4v) is 4.14. The number of rotatable bonds is 9. The maximum Gasteiger partial charge on any atom is 0.193 e. The van der Waals surface area contributed by atoms with Crippen LogP contribution in [0.1, 0.15) is 51.0 Å². The normalized spacial score (nSPS) is 20.9. The number of methoxy groups -OCH3 is 1. The molecule has 3 rings (SSSR count). The molecular weight excluding hydrogens is 378 g/mol. The highest BCUT2D eigenvalue weighted by molar-refractivity contribution is 5.80. The summed E-state index contributed by atoms with van der Waals surface area (Å²) in [6, 6.07) is 8.30. The van der Waals surface area contributed by atoms with Gasteiger partial charge in [0.15, 0.2) is 5.96 Å². The SMILES string of the molecule is CCNC(=NCCCc1cccc(OC)c1)N1CCC(OCC2CCCCO2)CC1. The van der Waals surface area contributed by atoms with Crippen molar-refractivity contribution >= 4 is 5.96 Å². The molecule has 1 unspecified atom stereocenters. The minimum Gasteiger partial charge on any atom is -0.497 e. The van der Waals surface area contributed by atoms with Gasteiger partial charge in [-0.05, 0) is 69.6 Å². The Kier molecular flexibility index (Phi) is 9.77. The fraction of sp³-hybridized carbons (Fsp3) is 0.708. The first-order valence-electron chi connectivity index (χ1n) is 11.7. The third-order valence-electron chi connectivity index (χ3n) is 5.89. The van der Waals surface area contributed by atoms with Gasteiger partial charge in [0, 0.05) is 32.8 Å². The van der Waals surface area contributed by atoms with Gasteiger partial charge < -0.3 is 24.4 Å². The van der Waals surface area contributed by atoms with E-state index < -0.39 is 0 Å². The molecule has 0 bridgehead atoms. The van der Waals surface area contributed by atoms with E-state index in [4.69, 9.17) is 19.2 Å². The molecule has 2 saturated heterocycles. The molecule has 0 saturated carbocycles. The molecule has 0 amide bonds. The summed E-state index contributed by atoms with van der Waals surface area (Å²) in [5.41, 5.74) is 1.30. The molecule has 0 aromatic heterocycles. The monoisotopic (exact) mass is 417 g/mol. The summed E-state index contributed by atoms with van der Waals surface area (Å²) < 4.78 is 17.3. The standard InChI is InChI=1S/C24H39N3O3/c1-3-25-24(26-14-7-9-20-8-6-11-22(18-20)28-2)27-15-12-21(13-16-27)30-19-23-10-4-5-17-29-23/h6,8,11,18,21,23H,3-5,7,9-10,12-17,19H2,1-2H3,(H,25,26). The molecule has 0 spiro atoms. The summed E-state index contributed by atoms with van der Waals surface area (Å²) in [6.07, 6.45) is 8.42. The number of aliphatic imine (C=N–C) groups is 1. The highest BCUT2D eigenvalue weighted by Crippen LogP contribution is 2.18. The van der Waals surface area contributed by atoms with Crippen LogP contribution in [0, 0.1) is 0 Å². The molecular formula is C24H39N3O3. The molecule has 0 aliphatic carbocycles. The van der Waals surface area contributed by atoms with Gasteiger partial charge in [0.2, 0.25) is 0 Å². The number of nitrogens with zero attached hydrogens (tertiary/aromatic N) is 2. The van der Waals surface area contributed by atoms with Crippen molar-refractivity contribution in [2.24, 2.45) is 4.99 Å². The summed E-state index contributed by atoms with van der Waals surface area (Å²) in [4.78, 5) is 7.26. The van der Waals surface area contributed by atoms with E-state index in [2.05, 4.69) is 29.3 Å². The van der Waals surface area contributed by atoms with E-state index >= 15 is 0 Å². The van der Waals surface area contributed by atoms with Crippen molar-refractivity contribution in [3.8, 4) is 5.75 Å². The molecule has 2 aliphatic rings. The zero-order valence-electron chi connectivity index (χ0n) is 18.8. The lowest BCUT2D eigenvalue weighted by Crippen LogP contribution is -2.47. The van der Waals surface area contributed by atoms with Gasteiger partial charge in [-0.15, -0.1) is 0 Å². The van der Waals surface area contributed by atoms with Crippen LogP contribution in [-0.4, -0.2) is 69.6 Å². The maximum absolute atomic E-state index is 6.15. The summed E-state index contributed by atoms with van der Waals surface area (Å²) >= 11 is 0. The third-order valence-corrected chi connectivity index (χ3v) is 5.89. The quantitative estimate of drug-likeness (QED) is 0.378. The average Bonchev–Trinajstić information content (AvgIpc) is 2.81. The molecule has 0 radical (unpaired) electrons. The first-order chi connectivity index (χ1) is 14.8. The molecule has 2 heterocycles. The smallest absolute Gasteiger partial charge is 0.193 e. The van der Waals surface area contributed by atoms with Crippen LogP contribution in [0.25, 0.3) is 0 Å². The van der Waals surface area contributed by atoms with Gasteiger partial charge in [-0.2, -0.15) is 0 Å². The van der Waals surface area contributed by atoms with Crippen LogP contribution in [0.4, 0.5) is 0 Å². The summed E-state index contributed by atoms with van der Waals surface area (Å²) in [6.45, 7) is 7.50. The van der Waals surface area contributed by atoms with Gasteiger partial charge in [0.25, 0.3) is 0 Å². The number of piperidine rings is 1. The Labute approximate surface area is 182 Å². The topological polar surface area (TPSA) is 55.3 Å². The number of hydrogen-bond donors (Lipinski definition) is 1. The number of guanidine groups is 1. The Bertz CT molecular complexity index is 638. The van der Waals surface area contributed by atoms with E-state index in [1.165, 1.54) is 18.4 Å². The van der Waals surface area contributed by atoms with Crippen molar-refractivity contribution in [2.45, 2.75) is 64.1 Å². The van der Waals surface area contributed by atoms with Gasteiger partial charge in [-0.3, -0.25) is 4.99 Å². The summed E-state index contributed by atoms with van der Waals surface area (Å²) in [5.74, 6) is 1.96. The van der Waals surface area contributed by atoms with Crippen molar-refractivity contribution in [2.75, 3.05) is 46.5 Å². The van der Waals surface area contributed by atoms with E-state index in [0.29, 0.717) is 12.2 Å². The van der Waals surface area contributed by atoms with Gasteiger partial charge in [0.05, 0.1) is 25.9 Å². The molecule has 1 aromatic carbocycles. The second-order valence-corrected chi connectivity index (χ2v) is 8.20. The van der Waals surface area contributed by atoms with Crippen molar-refractivity contribution in [3.63, 3.8) is 0 Å². The fourth-order valence-electron chi connectivity index (χ4n) is 4.14. The predicted molar refractivity (Wildman–Crippen MR) is 121 cm³/mol. The second-order valence-electron chi connectivity index (χ2n) is 8.20. The van der Waals surface area contributed by atoms with Gasteiger partial charge in [-0.1, -0.05) is 12.1 Å². The lowest BCUT2D eigenvalue weighted by atomic mass is 10.1. The van der Waals surface area contributed by atoms with Crippen LogP contribution in [0.5, 0.6) is 5.75 Å². The van der Waals surface area contributed by atoms with E-state index in [9.17, 15) is 0 Å². The van der Waals surface area contributed by atoms with Gasteiger partial charge >= 0.3 is 0 Å². The zero-order valence-corrected chi connectivity index (χ0v) is 18.8. The molecule has 6 nitrogen and oxygen atoms in total. The Morgan fingerprint density at radius 3 is 2.83 bits per heavy atom. The van der Waals surface area contributed by atoms with Gasteiger partial charge in [-0.25, -0.2) is 0 Å². The highest BCUT2D eigenvalue weighted by atomic mass is 16.5. The van der Waals surface area contributed by atoms with Crippen LogP contribution >= 0.6 is 0 Å². The molecule has 30 heavy (non-hydrogen) atoms. The molecule has 2 fully saturated rings. The zero-order chi connectivity index (χ0) is 21.0. The molecule has 168 valence electrons. The first kappa shape index (κ1) is 22.9. The Morgan fingerprint density at radius 1 is 1.23 bits per heavy atom. The van der Waals surface area contributed by atoms with Gasteiger partial charge in [0.1, 0.15) is 5.75 Å². The van der Waals surface area contributed by atoms with E-state index in [1.54, 1.807) is 7.11 Å². The molecule has 6 heteroatoms. The van der Waals surface area contributed by atoms with E-state index in [-0.39, 0.29) is 0 Å². The van der Waals surface area contributed by atoms with Crippen molar-refractivity contribution in [1.29, 1.82) is 0 Å². The lowest BCUT2D eigenvalue weighted by molar-refractivity contribution is -0.0721. The Hall–Kier alpha value is -1.79. The molecule has 1 atom stereocenters. The van der Waals surface area contributed by atoms with Crippen LogP contribution < -0.4 is 10.1 Å². The summed E-state index contributed by atoms with van der Waals surface area (Å²) in [5, 5.41) is 3.46. The number of benzene rings is 1. The largest absolute Gasteiger partial charge is 0.497 e. The Balaban J connectivity index is 1.39. The first-order valence-corrected chi connectivity index (χ1v) is 11.7. The number of likely N-dealkylation sites (tertiary alicyclic amines) is 1. The third kappa shape index (κ3) is 7.47. The molecule has 1 N–H and O–H groups in total. The van der Waals surface area contributed by atoms with Crippen LogP contribution in [0.3, 0.4) is 0 Å². The number of hydrogen-bond acceptors (Lipinski definition) is 4. The van der Waals surface area contributed by atoms with Crippen molar-refractivity contribution < 1.29 is 14.2 Å². The maximum atomic E-state index is 6.15. The van der Waals surface area contributed by atoms with Crippen LogP contribution in [0.2, 0.25) is 0 Å². The minimum absolute atomic E-state index is 0.306. The number of aryl methyl sites for hydroxylation is 1. The highest BCUT2D eigenvalue weighted by Gasteiger charge is 2.23. The minimum atomic E-state index is 0.306. The number of ether oxygens (including phenoxy) is 3. The van der Waals surface area contributed by atoms with Crippen molar-refractivity contribution in [1.82, 2.24) is 10.2 Å². The second kappa shape index (κ2) is 12.8. The van der Waals surface area contributed by atoms with E-state index in [0.717, 1.165) is 83.2 Å². The molecule has 1 aromatic rings.